The van der Waals surface area contributed by atoms with E-state index in [9.17, 15) is 9.59 Å². The quantitative estimate of drug-likeness (QED) is 0.482. The van der Waals surface area contributed by atoms with E-state index >= 15 is 0 Å². The molecule has 0 radical (unpaired) electrons. The van der Waals surface area contributed by atoms with Gasteiger partial charge in [0.15, 0.2) is 5.65 Å². The molecule has 9 heteroatoms. The Morgan fingerprint density at radius 3 is 2.74 bits per heavy atom. The third-order valence-corrected chi connectivity index (χ3v) is 3.97. The van der Waals surface area contributed by atoms with Gasteiger partial charge in [0.1, 0.15) is 11.4 Å². The molecule has 0 aliphatic rings. The number of aromatic amines is 1. The highest BCUT2D eigenvalue weighted by Crippen LogP contribution is 2.23. The number of anilines is 1. The molecule has 0 aliphatic heterocycles. The molecule has 8 nitrogen and oxygen atoms in total. The van der Waals surface area contributed by atoms with Crippen LogP contribution in [0.1, 0.15) is 10.4 Å². The standard InChI is InChI=1S/C14H11N5O3S/c20-11(18-9-3-1-8(2-4-9)14(21)22)6-23-13-10-5-17-19-12(10)15-7-16-13/h1-5,7H,6H2,(H,18,20)(H,21,22)(H,15,16,17,19). The molecular weight excluding hydrogens is 318 g/mol. The van der Waals surface area contributed by atoms with Crippen molar-refractivity contribution >= 4 is 40.4 Å². The number of aromatic carboxylic acids is 1. The van der Waals surface area contributed by atoms with Gasteiger partial charge in [-0.3, -0.25) is 9.89 Å². The Bertz CT molecular complexity index is 862. The Kier molecular flexibility index (Phi) is 4.20. The van der Waals surface area contributed by atoms with Crippen LogP contribution < -0.4 is 5.32 Å². The number of carbonyl (C=O) groups is 2. The van der Waals surface area contributed by atoms with Crippen LogP contribution in [0, 0.1) is 0 Å². The first-order valence-electron chi connectivity index (χ1n) is 6.53. The first kappa shape index (κ1) is 15.0. The zero-order valence-corrected chi connectivity index (χ0v) is 12.5. The summed E-state index contributed by atoms with van der Waals surface area (Å²) in [5.41, 5.74) is 1.32. The van der Waals surface area contributed by atoms with Crippen molar-refractivity contribution in [1.82, 2.24) is 20.2 Å². The van der Waals surface area contributed by atoms with Crippen LogP contribution in [-0.4, -0.2) is 42.9 Å². The normalized spacial score (nSPS) is 10.6. The SMILES string of the molecule is O=C(CSc1ncnc2[nH]ncc12)Nc1ccc(C(=O)O)cc1. The van der Waals surface area contributed by atoms with Gasteiger partial charge in [0.2, 0.25) is 5.91 Å². The van der Waals surface area contributed by atoms with E-state index in [-0.39, 0.29) is 17.2 Å². The fraction of sp³-hybridized carbons (Fsp3) is 0.0714. The largest absolute Gasteiger partial charge is 0.478 e. The average molecular weight is 329 g/mol. The van der Waals surface area contributed by atoms with Gasteiger partial charge in [-0.1, -0.05) is 11.8 Å². The van der Waals surface area contributed by atoms with Gasteiger partial charge in [0.25, 0.3) is 0 Å². The van der Waals surface area contributed by atoms with Crippen LogP contribution in [0.15, 0.2) is 41.8 Å². The van der Waals surface area contributed by atoms with Crippen molar-refractivity contribution in [3.05, 3.63) is 42.4 Å². The lowest BCUT2D eigenvalue weighted by atomic mass is 10.2. The number of carbonyl (C=O) groups excluding carboxylic acids is 1. The number of hydrogen-bond donors (Lipinski definition) is 3. The molecule has 2 aromatic heterocycles. The number of H-pyrrole nitrogens is 1. The van der Waals surface area contributed by atoms with Gasteiger partial charge in [-0.25, -0.2) is 14.8 Å². The van der Waals surface area contributed by atoms with E-state index in [4.69, 9.17) is 5.11 Å². The summed E-state index contributed by atoms with van der Waals surface area (Å²) in [5.74, 6) is -1.06. The smallest absolute Gasteiger partial charge is 0.335 e. The Morgan fingerprint density at radius 2 is 2.00 bits per heavy atom. The summed E-state index contributed by atoms with van der Waals surface area (Å²) in [6.45, 7) is 0. The third-order valence-electron chi connectivity index (χ3n) is 2.97. The van der Waals surface area contributed by atoms with E-state index < -0.39 is 5.97 Å². The fourth-order valence-corrected chi connectivity index (χ4v) is 2.65. The number of nitrogens with one attached hydrogen (secondary N) is 2. The minimum atomic E-state index is -1.01. The molecule has 23 heavy (non-hydrogen) atoms. The van der Waals surface area contributed by atoms with Crippen molar-refractivity contribution in [3.63, 3.8) is 0 Å². The van der Waals surface area contributed by atoms with E-state index in [1.807, 2.05) is 0 Å². The molecule has 0 fully saturated rings. The van der Waals surface area contributed by atoms with Gasteiger partial charge in [-0.2, -0.15) is 5.10 Å². The molecule has 116 valence electrons. The summed E-state index contributed by atoms with van der Waals surface area (Å²) in [4.78, 5) is 30.9. The number of thioether (sulfide) groups is 1. The Balaban J connectivity index is 1.61. The van der Waals surface area contributed by atoms with Crippen molar-refractivity contribution in [1.29, 1.82) is 0 Å². The van der Waals surface area contributed by atoms with Crippen LogP contribution in [0.5, 0.6) is 0 Å². The summed E-state index contributed by atoms with van der Waals surface area (Å²) in [5, 5.41) is 19.6. The lowest BCUT2D eigenvalue weighted by Crippen LogP contribution is -2.14. The fourth-order valence-electron chi connectivity index (χ4n) is 1.88. The summed E-state index contributed by atoms with van der Waals surface area (Å²) < 4.78 is 0. The van der Waals surface area contributed by atoms with Crippen molar-refractivity contribution in [2.45, 2.75) is 5.03 Å². The van der Waals surface area contributed by atoms with E-state index in [1.165, 1.54) is 30.2 Å². The number of hydrogen-bond acceptors (Lipinski definition) is 6. The zero-order chi connectivity index (χ0) is 16.2. The topological polar surface area (TPSA) is 121 Å². The number of fused-ring (bicyclic) bond motifs is 1. The summed E-state index contributed by atoms with van der Waals surface area (Å²) in [6, 6.07) is 5.96. The third kappa shape index (κ3) is 3.46. The van der Waals surface area contributed by atoms with Crippen LogP contribution in [0.3, 0.4) is 0 Å². The number of amides is 1. The number of carboxylic acid groups (broad SMARTS) is 1. The second kappa shape index (κ2) is 6.44. The first-order chi connectivity index (χ1) is 11.1. The molecule has 0 bridgehead atoms. The van der Waals surface area contributed by atoms with E-state index in [0.29, 0.717) is 16.4 Å². The predicted molar refractivity (Wildman–Crippen MR) is 84.4 cm³/mol. The molecule has 3 rings (SSSR count). The summed E-state index contributed by atoms with van der Waals surface area (Å²) in [7, 11) is 0. The Labute approximate surface area is 134 Å². The maximum atomic E-state index is 12.0. The molecule has 0 spiro atoms. The van der Waals surface area contributed by atoms with Gasteiger partial charge in [-0.05, 0) is 24.3 Å². The van der Waals surface area contributed by atoms with E-state index in [1.54, 1.807) is 18.3 Å². The number of benzene rings is 1. The molecule has 0 aliphatic carbocycles. The molecular formula is C14H11N5O3S. The minimum absolute atomic E-state index is 0.165. The average Bonchev–Trinajstić information content (AvgIpc) is 3.02. The highest BCUT2D eigenvalue weighted by molar-refractivity contribution is 8.00. The molecule has 0 saturated heterocycles. The van der Waals surface area contributed by atoms with Gasteiger partial charge in [-0.15, -0.1) is 0 Å². The molecule has 3 aromatic rings. The van der Waals surface area contributed by atoms with Crippen molar-refractivity contribution < 1.29 is 14.7 Å². The number of carboxylic acids is 1. The molecule has 1 aromatic carbocycles. The predicted octanol–water partition coefficient (Wildman–Crippen LogP) is 1.78. The highest BCUT2D eigenvalue weighted by atomic mass is 32.2. The number of nitrogens with zero attached hydrogens (tertiary/aromatic N) is 3. The number of aromatic nitrogens is 4. The summed E-state index contributed by atoms with van der Waals surface area (Å²) in [6.07, 6.45) is 3.02. The van der Waals surface area contributed by atoms with Crippen molar-refractivity contribution in [2.75, 3.05) is 11.1 Å². The minimum Gasteiger partial charge on any atom is -0.478 e. The maximum Gasteiger partial charge on any atom is 0.335 e. The molecule has 3 N–H and O–H groups in total. The van der Waals surface area contributed by atoms with E-state index in [2.05, 4.69) is 25.5 Å². The molecule has 1 amide bonds. The molecule has 2 heterocycles. The summed E-state index contributed by atoms with van der Waals surface area (Å²) >= 11 is 1.27. The Hall–Kier alpha value is -2.94. The molecule has 0 atom stereocenters. The maximum absolute atomic E-state index is 12.0. The van der Waals surface area contributed by atoms with Crippen LogP contribution in [0.4, 0.5) is 5.69 Å². The zero-order valence-electron chi connectivity index (χ0n) is 11.7. The van der Waals surface area contributed by atoms with Crippen LogP contribution in [0.2, 0.25) is 0 Å². The van der Waals surface area contributed by atoms with Crippen molar-refractivity contribution in [3.8, 4) is 0 Å². The van der Waals surface area contributed by atoms with Crippen LogP contribution >= 0.6 is 11.8 Å². The molecule has 0 saturated carbocycles. The first-order valence-corrected chi connectivity index (χ1v) is 7.52. The monoisotopic (exact) mass is 329 g/mol. The second-order valence-electron chi connectivity index (χ2n) is 4.53. The highest BCUT2D eigenvalue weighted by Gasteiger charge is 2.10. The van der Waals surface area contributed by atoms with Crippen LogP contribution in [0.25, 0.3) is 11.0 Å². The van der Waals surface area contributed by atoms with E-state index in [0.717, 1.165) is 5.39 Å². The lowest BCUT2D eigenvalue weighted by Gasteiger charge is -2.05. The van der Waals surface area contributed by atoms with Gasteiger partial charge < -0.3 is 10.4 Å². The Morgan fingerprint density at radius 1 is 1.22 bits per heavy atom. The van der Waals surface area contributed by atoms with Crippen LogP contribution in [-0.2, 0) is 4.79 Å². The lowest BCUT2D eigenvalue weighted by molar-refractivity contribution is -0.113. The number of rotatable bonds is 5. The second-order valence-corrected chi connectivity index (χ2v) is 5.49. The van der Waals surface area contributed by atoms with Gasteiger partial charge >= 0.3 is 5.97 Å². The van der Waals surface area contributed by atoms with Crippen molar-refractivity contribution in [2.24, 2.45) is 0 Å². The molecule has 0 unspecified atom stereocenters. The van der Waals surface area contributed by atoms with Gasteiger partial charge in [0.05, 0.1) is 22.9 Å². The van der Waals surface area contributed by atoms with Gasteiger partial charge in [0, 0.05) is 5.69 Å².